The Balaban J connectivity index is 2.31. The van der Waals surface area contributed by atoms with E-state index in [0.29, 0.717) is 11.4 Å². The number of carbonyl (C=O) groups excluding carboxylic acids is 2. The van der Waals surface area contributed by atoms with Crippen LogP contribution in [0.2, 0.25) is 0 Å². The summed E-state index contributed by atoms with van der Waals surface area (Å²) in [7, 11) is 0. The molecule has 7 heteroatoms. The third-order valence-corrected chi connectivity index (χ3v) is 2.43. The van der Waals surface area contributed by atoms with Crippen molar-refractivity contribution in [3.8, 4) is 0 Å². The first-order chi connectivity index (χ1) is 8.53. The molecule has 18 heavy (non-hydrogen) atoms. The van der Waals surface area contributed by atoms with E-state index < -0.39 is 10.7 Å². The van der Waals surface area contributed by atoms with Crippen LogP contribution in [0.3, 0.4) is 0 Å². The van der Waals surface area contributed by atoms with E-state index in [4.69, 9.17) is 5.73 Å². The molecule has 0 fully saturated rings. The molecule has 2 amide bonds. The number of urea groups is 1. The molecular formula is C11H11N5O2+. The number of rotatable bonds is 3. The lowest BCUT2D eigenvalue weighted by atomic mass is 10.2. The van der Waals surface area contributed by atoms with Crippen LogP contribution in [-0.4, -0.2) is 33.9 Å². The smallest absolute Gasteiger partial charge is 0.315 e. The highest BCUT2D eigenvalue weighted by molar-refractivity contribution is 6.16. The number of hydrogen-bond acceptors (Lipinski definition) is 5. The molecule has 7 nitrogen and oxygen atoms in total. The van der Waals surface area contributed by atoms with Gasteiger partial charge in [-0.3, -0.25) is 4.79 Å². The fraction of sp³-hybridized carbons (Fsp3) is 0.182. The number of hydrogen-bond donors (Lipinski definition) is 1. The molecule has 0 spiro atoms. The Morgan fingerprint density at radius 3 is 2.78 bits per heavy atom. The van der Waals surface area contributed by atoms with Gasteiger partial charge in [0, 0.05) is 11.6 Å². The van der Waals surface area contributed by atoms with E-state index in [0.717, 1.165) is 0 Å². The second-order valence-electron chi connectivity index (χ2n) is 3.77. The van der Waals surface area contributed by atoms with E-state index in [1.54, 1.807) is 18.2 Å². The van der Waals surface area contributed by atoms with Gasteiger partial charge < -0.3 is 5.73 Å². The molecule has 0 aliphatic carbocycles. The first-order valence-electron chi connectivity index (χ1n) is 5.20. The van der Waals surface area contributed by atoms with Gasteiger partial charge in [-0.25, -0.2) is 9.78 Å². The summed E-state index contributed by atoms with van der Waals surface area (Å²) in [5, 5.41) is 7.67. The standard InChI is InChI=1S/C11H10N5O2/c1-8(17)10-4-2-3-9(15-10)7-16(11(12)18)13-5-6-14-16/h2-5H,7H2,1H3,(H-,12,18)/p+1. The van der Waals surface area contributed by atoms with Crippen LogP contribution in [0.5, 0.6) is 0 Å². The maximum atomic E-state index is 11.4. The van der Waals surface area contributed by atoms with Crippen molar-refractivity contribution in [2.45, 2.75) is 13.5 Å². The number of pyridine rings is 1. The lowest BCUT2D eigenvalue weighted by Gasteiger charge is -2.17. The summed E-state index contributed by atoms with van der Waals surface area (Å²) in [5.74, 6) is -0.150. The topological polar surface area (TPSA) is 97.8 Å². The van der Waals surface area contributed by atoms with Crippen LogP contribution in [0.15, 0.2) is 28.4 Å². The van der Waals surface area contributed by atoms with Crippen molar-refractivity contribution in [1.82, 2.24) is 4.98 Å². The Bertz CT molecular complexity index is 552. The van der Waals surface area contributed by atoms with E-state index in [9.17, 15) is 9.59 Å². The minimum atomic E-state index is -0.730. The van der Waals surface area contributed by atoms with Gasteiger partial charge in [-0.1, -0.05) is 6.07 Å². The zero-order valence-corrected chi connectivity index (χ0v) is 9.70. The predicted molar refractivity (Wildman–Crippen MR) is 63.7 cm³/mol. The van der Waals surface area contributed by atoms with Crippen molar-refractivity contribution >= 4 is 24.2 Å². The Kier molecular flexibility index (Phi) is 2.99. The normalized spacial score (nSPS) is 15.8. The van der Waals surface area contributed by atoms with Gasteiger partial charge in [0.25, 0.3) is 0 Å². The SMILES string of the molecule is CC(=O)c1cccc(C[N+]2(C(N)=O)N=[C]C=N2)n1. The molecule has 1 unspecified atom stereocenters. The summed E-state index contributed by atoms with van der Waals surface area (Å²) in [4.78, 5) is 26.8. The zero-order chi connectivity index (χ0) is 13.2. The van der Waals surface area contributed by atoms with Crippen LogP contribution in [0, 0.1) is 0 Å². The number of ketones is 1. The molecule has 2 heterocycles. The number of quaternary nitrogens is 1. The van der Waals surface area contributed by atoms with Crippen LogP contribution in [-0.2, 0) is 6.54 Å². The Morgan fingerprint density at radius 1 is 1.44 bits per heavy atom. The summed E-state index contributed by atoms with van der Waals surface area (Å²) in [6.45, 7) is 1.48. The van der Waals surface area contributed by atoms with E-state index in [2.05, 4.69) is 21.4 Å². The van der Waals surface area contributed by atoms with Crippen LogP contribution in [0.1, 0.15) is 23.1 Å². The first-order valence-corrected chi connectivity index (χ1v) is 5.20. The Labute approximate surface area is 103 Å². The number of Topliss-reactive ketones (excluding diaryl/α,β-unsaturated/α-hetero) is 1. The average Bonchev–Trinajstić information content (AvgIpc) is 2.79. The largest absolute Gasteiger partial charge is 0.468 e. The molecule has 1 aliphatic rings. The van der Waals surface area contributed by atoms with Gasteiger partial charge in [-0.15, -0.1) is 0 Å². The number of aromatic nitrogens is 1. The zero-order valence-electron chi connectivity index (χ0n) is 9.70. The van der Waals surface area contributed by atoms with Gasteiger partial charge >= 0.3 is 6.03 Å². The molecule has 1 atom stereocenters. The maximum absolute atomic E-state index is 11.4. The van der Waals surface area contributed by atoms with Gasteiger partial charge in [0.05, 0.1) is 0 Å². The molecule has 0 saturated carbocycles. The van der Waals surface area contributed by atoms with Gasteiger partial charge in [-0.2, -0.15) is 0 Å². The molecule has 2 rings (SSSR count). The van der Waals surface area contributed by atoms with E-state index in [1.807, 2.05) is 0 Å². The van der Waals surface area contributed by atoms with Crippen LogP contribution < -0.4 is 5.73 Å². The van der Waals surface area contributed by atoms with Crippen molar-refractivity contribution in [2.24, 2.45) is 15.9 Å². The van der Waals surface area contributed by atoms with Gasteiger partial charge in [-0.05, 0) is 22.3 Å². The Morgan fingerprint density at radius 2 is 2.22 bits per heavy atom. The van der Waals surface area contributed by atoms with Crippen molar-refractivity contribution in [2.75, 3.05) is 0 Å². The van der Waals surface area contributed by atoms with Crippen LogP contribution in [0.4, 0.5) is 4.79 Å². The van der Waals surface area contributed by atoms with E-state index in [-0.39, 0.29) is 12.3 Å². The van der Waals surface area contributed by atoms with Crippen molar-refractivity contribution in [3.05, 3.63) is 29.6 Å². The van der Waals surface area contributed by atoms with Gasteiger partial charge in [0.2, 0.25) is 0 Å². The van der Waals surface area contributed by atoms with Crippen molar-refractivity contribution in [3.63, 3.8) is 0 Å². The lowest BCUT2D eigenvalue weighted by Crippen LogP contribution is -2.45. The number of nitrogens with two attached hydrogens (primary N) is 1. The molecule has 0 bridgehead atoms. The highest BCUT2D eigenvalue weighted by Crippen LogP contribution is 2.17. The van der Waals surface area contributed by atoms with Crippen molar-refractivity contribution < 1.29 is 14.3 Å². The number of nitrogens with zero attached hydrogens (tertiary/aromatic N) is 4. The molecule has 1 aliphatic heterocycles. The lowest BCUT2D eigenvalue weighted by molar-refractivity contribution is -0.873. The Hall–Kier alpha value is -2.41. The fourth-order valence-corrected chi connectivity index (χ4v) is 1.52. The minimum Gasteiger partial charge on any atom is -0.315 e. The molecule has 2 N–H and O–H groups in total. The maximum Gasteiger partial charge on any atom is 0.468 e. The second-order valence-corrected chi connectivity index (χ2v) is 3.77. The second kappa shape index (κ2) is 4.46. The molecule has 0 aromatic carbocycles. The number of carbonyl (C=O) groups is 2. The van der Waals surface area contributed by atoms with E-state index in [1.165, 1.54) is 13.1 Å². The monoisotopic (exact) mass is 245 g/mol. The summed E-state index contributed by atoms with van der Waals surface area (Å²) in [5.41, 5.74) is 6.10. The first kappa shape index (κ1) is 12.1. The summed E-state index contributed by atoms with van der Waals surface area (Å²) < 4.78 is -0.658. The average molecular weight is 245 g/mol. The minimum absolute atomic E-state index is 0.0555. The quantitative estimate of drug-likeness (QED) is 0.621. The fourth-order valence-electron chi connectivity index (χ4n) is 1.52. The summed E-state index contributed by atoms with van der Waals surface area (Å²) in [6.07, 6.45) is 3.74. The molecule has 1 aromatic rings. The predicted octanol–water partition coefficient (Wildman–Crippen LogP) is 0.542. The van der Waals surface area contributed by atoms with Crippen LogP contribution >= 0.6 is 0 Å². The number of amides is 2. The van der Waals surface area contributed by atoms with E-state index >= 15 is 0 Å². The van der Waals surface area contributed by atoms with Crippen molar-refractivity contribution in [1.29, 1.82) is 0 Å². The third kappa shape index (κ3) is 2.16. The molecule has 0 saturated heterocycles. The molecule has 1 aromatic heterocycles. The highest BCUT2D eigenvalue weighted by Gasteiger charge is 2.39. The molecular weight excluding hydrogens is 234 g/mol. The molecule has 1 radical (unpaired) electrons. The summed E-state index contributed by atoms with van der Waals surface area (Å²) >= 11 is 0. The molecule has 91 valence electrons. The van der Waals surface area contributed by atoms with Gasteiger partial charge in [0.1, 0.15) is 17.6 Å². The highest BCUT2D eigenvalue weighted by atomic mass is 16.2. The third-order valence-electron chi connectivity index (χ3n) is 2.43. The van der Waals surface area contributed by atoms with Crippen LogP contribution in [0.25, 0.3) is 0 Å². The number of primary amides is 1. The summed E-state index contributed by atoms with van der Waals surface area (Å²) in [6, 6.07) is 4.23. The van der Waals surface area contributed by atoms with Gasteiger partial charge in [0.15, 0.2) is 18.5 Å².